The van der Waals surface area contributed by atoms with Gasteiger partial charge in [0.1, 0.15) is 11.5 Å². The molecule has 9 heteroatoms. The standard InChI is InChI=1S/C28H18O9/c29-25(30)19-11-5-9-17(23(19)27(33)34)15-7-1-3-13-21(15)37-22-14-4-2-8-16(22)18-10-6-12-20(26(31)32)24(18)28(35)36/h1-14H,(H,29,30)(H,31,32)(H,33,34)(H,35,36). The van der Waals surface area contributed by atoms with Gasteiger partial charge in [-0.05, 0) is 24.3 Å². The molecule has 0 amide bonds. The molecule has 4 rings (SSSR count). The van der Waals surface area contributed by atoms with Gasteiger partial charge in [0.15, 0.2) is 0 Å². The summed E-state index contributed by atoms with van der Waals surface area (Å²) >= 11 is 0. The van der Waals surface area contributed by atoms with Crippen LogP contribution in [0.5, 0.6) is 11.5 Å². The Balaban J connectivity index is 1.90. The van der Waals surface area contributed by atoms with E-state index in [0.717, 1.165) is 0 Å². The van der Waals surface area contributed by atoms with E-state index in [1.54, 1.807) is 48.5 Å². The molecule has 0 saturated heterocycles. The lowest BCUT2D eigenvalue weighted by atomic mass is 9.94. The van der Waals surface area contributed by atoms with Crippen molar-refractivity contribution in [2.75, 3.05) is 0 Å². The Morgan fingerprint density at radius 3 is 1.14 bits per heavy atom. The van der Waals surface area contributed by atoms with E-state index in [2.05, 4.69) is 0 Å². The lowest BCUT2D eigenvalue weighted by Crippen LogP contribution is -2.10. The van der Waals surface area contributed by atoms with Crippen LogP contribution in [0.4, 0.5) is 0 Å². The predicted octanol–water partition coefficient (Wildman–Crippen LogP) is 5.61. The maximum Gasteiger partial charge on any atom is 0.337 e. The smallest absolute Gasteiger partial charge is 0.337 e. The Kier molecular flexibility index (Phi) is 6.70. The van der Waals surface area contributed by atoms with Gasteiger partial charge in [-0.1, -0.05) is 60.7 Å². The molecular weight excluding hydrogens is 480 g/mol. The van der Waals surface area contributed by atoms with Gasteiger partial charge in [-0.25, -0.2) is 19.2 Å². The number of ether oxygens (including phenoxy) is 1. The van der Waals surface area contributed by atoms with Crippen LogP contribution in [0.25, 0.3) is 22.3 Å². The summed E-state index contributed by atoms with van der Waals surface area (Å²) in [5, 5.41) is 38.6. The summed E-state index contributed by atoms with van der Waals surface area (Å²) in [6, 6.07) is 20.9. The predicted molar refractivity (Wildman–Crippen MR) is 132 cm³/mol. The summed E-state index contributed by atoms with van der Waals surface area (Å²) in [4.78, 5) is 47.3. The molecule has 0 radical (unpaired) electrons. The summed E-state index contributed by atoms with van der Waals surface area (Å²) in [5.41, 5.74) is -0.817. The Morgan fingerprint density at radius 1 is 0.432 bits per heavy atom. The number of para-hydroxylation sites is 2. The Hall–Kier alpha value is -5.44. The van der Waals surface area contributed by atoms with E-state index >= 15 is 0 Å². The van der Waals surface area contributed by atoms with Crippen LogP contribution in [0, 0.1) is 0 Å². The third-order valence-electron chi connectivity index (χ3n) is 5.59. The summed E-state index contributed by atoms with van der Waals surface area (Å²) in [6.45, 7) is 0. The fraction of sp³-hybridized carbons (Fsp3) is 0. The molecule has 4 aromatic carbocycles. The number of aromatic carboxylic acids is 4. The molecule has 0 aliphatic heterocycles. The molecule has 0 aliphatic rings. The first-order valence-corrected chi connectivity index (χ1v) is 10.8. The van der Waals surface area contributed by atoms with Crippen LogP contribution in [0.3, 0.4) is 0 Å². The van der Waals surface area contributed by atoms with Gasteiger partial charge in [-0.2, -0.15) is 0 Å². The van der Waals surface area contributed by atoms with Crippen molar-refractivity contribution in [3.8, 4) is 33.8 Å². The topological polar surface area (TPSA) is 158 Å². The van der Waals surface area contributed by atoms with Crippen LogP contribution in [-0.4, -0.2) is 44.3 Å². The molecule has 184 valence electrons. The second-order valence-electron chi connectivity index (χ2n) is 7.77. The van der Waals surface area contributed by atoms with Gasteiger partial charge in [0.2, 0.25) is 0 Å². The zero-order chi connectivity index (χ0) is 26.7. The van der Waals surface area contributed by atoms with Gasteiger partial charge >= 0.3 is 23.9 Å². The summed E-state index contributed by atoms with van der Waals surface area (Å²) in [5.74, 6) is -5.32. The molecule has 4 N–H and O–H groups in total. The third-order valence-corrected chi connectivity index (χ3v) is 5.59. The van der Waals surface area contributed by atoms with E-state index in [4.69, 9.17) is 4.74 Å². The summed E-state index contributed by atoms with van der Waals surface area (Å²) < 4.78 is 6.14. The minimum atomic E-state index is -1.43. The molecule has 9 nitrogen and oxygen atoms in total. The monoisotopic (exact) mass is 498 g/mol. The minimum absolute atomic E-state index is 0.111. The number of rotatable bonds is 8. The lowest BCUT2D eigenvalue weighted by Gasteiger charge is -2.17. The van der Waals surface area contributed by atoms with Gasteiger partial charge < -0.3 is 25.2 Å². The Labute approximate surface area is 209 Å². The lowest BCUT2D eigenvalue weighted by molar-refractivity contribution is 0.0652. The van der Waals surface area contributed by atoms with Crippen LogP contribution >= 0.6 is 0 Å². The van der Waals surface area contributed by atoms with Crippen molar-refractivity contribution in [2.24, 2.45) is 0 Å². The average Bonchev–Trinajstić information content (AvgIpc) is 2.88. The summed E-state index contributed by atoms with van der Waals surface area (Å²) in [7, 11) is 0. The van der Waals surface area contributed by atoms with E-state index in [-0.39, 0.29) is 33.8 Å². The Morgan fingerprint density at radius 2 is 0.784 bits per heavy atom. The van der Waals surface area contributed by atoms with E-state index in [0.29, 0.717) is 0 Å². The average molecular weight is 498 g/mol. The molecule has 37 heavy (non-hydrogen) atoms. The number of hydrogen-bond donors (Lipinski definition) is 4. The molecule has 0 aromatic heterocycles. The van der Waals surface area contributed by atoms with Gasteiger partial charge in [-0.3, -0.25) is 0 Å². The first-order valence-electron chi connectivity index (χ1n) is 10.8. The van der Waals surface area contributed by atoms with Crippen molar-refractivity contribution in [1.82, 2.24) is 0 Å². The van der Waals surface area contributed by atoms with Crippen molar-refractivity contribution in [1.29, 1.82) is 0 Å². The second-order valence-corrected chi connectivity index (χ2v) is 7.77. The highest BCUT2D eigenvalue weighted by Crippen LogP contribution is 2.40. The molecule has 0 bridgehead atoms. The van der Waals surface area contributed by atoms with Crippen LogP contribution in [-0.2, 0) is 0 Å². The summed E-state index contributed by atoms with van der Waals surface area (Å²) in [6.07, 6.45) is 0. The largest absolute Gasteiger partial charge is 0.478 e. The van der Waals surface area contributed by atoms with E-state index in [9.17, 15) is 39.6 Å². The quantitative estimate of drug-likeness (QED) is 0.242. The zero-order valence-electron chi connectivity index (χ0n) is 18.9. The molecule has 0 fully saturated rings. The molecular formula is C28H18O9. The van der Waals surface area contributed by atoms with Crippen LogP contribution in [0.2, 0.25) is 0 Å². The van der Waals surface area contributed by atoms with Gasteiger partial charge in [0.05, 0.1) is 22.3 Å². The zero-order valence-corrected chi connectivity index (χ0v) is 18.9. The molecule has 0 unspecified atom stereocenters. The fourth-order valence-corrected chi connectivity index (χ4v) is 4.05. The number of carboxylic acid groups (broad SMARTS) is 4. The molecule has 4 aromatic rings. The highest BCUT2D eigenvalue weighted by Gasteiger charge is 2.25. The van der Waals surface area contributed by atoms with Crippen molar-refractivity contribution in [3.63, 3.8) is 0 Å². The van der Waals surface area contributed by atoms with Crippen LogP contribution in [0.15, 0.2) is 84.9 Å². The first kappa shape index (κ1) is 24.7. The SMILES string of the molecule is O=C(O)c1cccc(-c2ccccc2Oc2ccccc2-c2cccc(C(=O)O)c2C(=O)O)c1C(=O)O. The highest BCUT2D eigenvalue weighted by atomic mass is 16.5. The van der Waals surface area contributed by atoms with Crippen molar-refractivity contribution < 1.29 is 44.3 Å². The number of carbonyl (C=O) groups is 4. The van der Waals surface area contributed by atoms with Crippen LogP contribution < -0.4 is 4.74 Å². The fourth-order valence-electron chi connectivity index (χ4n) is 4.05. The third kappa shape index (κ3) is 4.73. The normalized spacial score (nSPS) is 10.5. The van der Waals surface area contributed by atoms with Crippen molar-refractivity contribution in [2.45, 2.75) is 0 Å². The number of hydrogen-bond acceptors (Lipinski definition) is 5. The molecule has 0 spiro atoms. The van der Waals surface area contributed by atoms with E-state index in [1.807, 2.05) is 0 Å². The van der Waals surface area contributed by atoms with Gasteiger partial charge in [-0.15, -0.1) is 0 Å². The molecule has 0 aliphatic carbocycles. The van der Waals surface area contributed by atoms with Gasteiger partial charge in [0.25, 0.3) is 0 Å². The van der Waals surface area contributed by atoms with Crippen molar-refractivity contribution in [3.05, 3.63) is 107 Å². The van der Waals surface area contributed by atoms with Crippen molar-refractivity contribution >= 4 is 23.9 Å². The van der Waals surface area contributed by atoms with Gasteiger partial charge in [0, 0.05) is 22.3 Å². The molecule has 0 atom stereocenters. The molecule has 0 heterocycles. The maximum absolute atomic E-state index is 12.0. The van der Waals surface area contributed by atoms with E-state index in [1.165, 1.54) is 36.4 Å². The molecule has 0 saturated carbocycles. The Bertz CT molecular complexity index is 1450. The number of carboxylic acids is 4. The van der Waals surface area contributed by atoms with Crippen LogP contribution in [0.1, 0.15) is 41.4 Å². The van der Waals surface area contributed by atoms with E-state index < -0.39 is 46.1 Å². The number of benzene rings is 4. The highest BCUT2D eigenvalue weighted by molar-refractivity contribution is 6.08. The minimum Gasteiger partial charge on any atom is -0.478 e. The maximum atomic E-state index is 12.0. The first-order chi connectivity index (χ1) is 17.7. The second kappa shape index (κ2) is 10.0.